The molecule has 0 unspecified atom stereocenters. The standard InChI is InChI=1S/C77H66N2/c1-75(2,3)54-35-39-58(40-36-54)78(56-23-14-10-15-24-56)60-44-46-67-68(49-60)72(53-33-31-52(32-34-53)51-21-12-9-13-22-51)66-45-43-61(79(57-25-16-11-17-26-57)59-41-37-55(38-42-59)76(4,5)6)50-69(66)73(67)65-48-47-64-62-27-18-19-29-70(62)77(7,8)71-30-20-28-63(65)74(64)71/h9-50H,1-8H3. The van der Waals surface area contributed by atoms with Gasteiger partial charge in [0.1, 0.15) is 0 Å². The summed E-state index contributed by atoms with van der Waals surface area (Å²) in [6, 6.07) is 95.4. The van der Waals surface area contributed by atoms with Gasteiger partial charge in [0.15, 0.2) is 0 Å². The Morgan fingerprint density at radius 2 is 0.696 bits per heavy atom. The van der Waals surface area contributed by atoms with Gasteiger partial charge in [-0.3, -0.25) is 0 Å². The predicted octanol–water partition coefficient (Wildman–Crippen LogP) is 22.0. The molecule has 0 aliphatic heterocycles. The highest BCUT2D eigenvalue weighted by Crippen LogP contribution is 2.54. The van der Waals surface area contributed by atoms with Gasteiger partial charge in [0.2, 0.25) is 0 Å². The second kappa shape index (κ2) is 19.2. The van der Waals surface area contributed by atoms with Crippen molar-refractivity contribution in [3.63, 3.8) is 0 Å². The summed E-state index contributed by atoms with van der Waals surface area (Å²) in [6.45, 7) is 18.5. The topological polar surface area (TPSA) is 6.48 Å². The molecule has 0 saturated carbocycles. The summed E-state index contributed by atoms with van der Waals surface area (Å²) in [5, 5.41) is 7.37. The van der Waals surface area contributed by atoms with Crippen LogP contribution < -0.4 is 9.80 Å². The maximum atomic E-state index is 2.48. The zero-order chi connectivity index (χ0) is 54.2. The summed E-state index contributed by atoms with van der Waals surface area (Å²) in [6.07, 6.45) is 0. The van der Waals surface area contributed by atoms with Crippen molar-refractivity contribution >= 4 is 66.4 Å². The number of benzene rings is 12. The first-order valence-corrected chi connectivity index (χ1v) is 28.0. The van der Waals surface area contributed by atoms with Gasteiger partial charge in [-0.15, -0.1) is 0 Å². The minimum atomic E-state index is -0.200. The number of hydrogen-bond donors (Lipinski definition) is 0. The van der Waals surface area contributed by atoms with E-state index in [1.807, 2.05) is 0 Å². The Hall–Kier alpha value is -8.98. The van der Waals surface area contributed by atoms with E-state index in [0.29, 0.717) is 0 Å². The third kappa shape index (κ3) is 8.68. The molecular weight excluding hydrogens is 953 g/mol. The van der Waals surface area contributed by atoms with E-state index in [1.165, 1.54) is 99.1 Å². The Labute approximate surface area is 466 Å². The largest absolute Gasteiger partial charge is 0.310 e. The molecule has 1 aliphatic rings. The highest BCUT2D eigenvalue weighted by Gasteiger charge is 2.34. The quantitative estimate of drug-likeness (QED) is 0.133. The van der Waals surface area contributed by atoms with Gasteiger partial charge in [-0.2, -0.15) is 0 Å². The fourth-order valence-electron chi connectivity index (χ4n) is 12.6. The normalized spacial score (nSPS) is 12.9. The Morgan fingerprint density at radius 3 is 1.24 bits per heavy atom. The highest BCUT2D eigenvalue weighted by atomic mass is 15.1. The zero-order valence-corrected chi connectivity index (χ0v) is 46.6. The second-order valence-electron chi connectivity index (χ2n) is 24.1. The Balaban J connectivity index is 1.15. The lowest BCUT2D eigenvalue weighted by Gasteiger charge is -2.35. The van der Waals surface area contributed by atoms with Gasteiger partial charge in [0.25, 0.3) is 0 Å². The van der Waals surface area contributed by atoms with E-state index in [-0.39, 0.29) is 16.2 Å². The first-order valence-electron chi connectivity index (χ1n) is 28.0. The number of anilines is 6. The van der Waals surface area contributed by atoms with Crippen molar-refractivity contribution in [3.8, 4) is 44.5 Å². The van der Waals surface area contributed by atoms with Crippen molar-refractivity contribution in [1.29, 1.82) is 0 Å². The van der Waals surface area contributed by atoms with E-state index in [4.69, 9.17) is 0 Å². The van der Waals surface area contributed by atoms with Gasteiger partial charge in [0, 0.05) is 39.5 Å². The third-order valence-corrected chi connectivity index (χ3v) is 16.8. The maximum absolute atomic E-state index is 2.48. The van der Waals surface area contributed by atoms with E-state index in [0.717, 1.165) is 34.1 Å². The summed E-state index contributed by atoms with van der Waals surface area (Å²) >= 11 is 0. The van der Waals surface area contributed by atoms with Crippen LogP contribution in [-0.2, 0) is 16.2 Å². The van der Waals surface area contributed by atoms with Crippen LogP contribution in [0.1, 0.15) is 77.6 Å². The molecular formula is C77H66N2. The molecule has 12 aromatic rings. The molecule has 2 heteroatoms. The minimum absolute atomic E-state index is 0.0234. The molecule has 0 radical (unpaired) electrons. The molecule has 0 heterocycles. The number of nitrogens with zero attached hydrogens (tertiary/aromatic N) is 2. The van der Waals surface area contributed by atoms with Crippen LogP contribution in [0.4, 0.5) is 34.1 Å². The Kier molecular flexibility index (Phi) is 12.0. The van der Waals surface area contributed by atoms with Crippen molar-refractivity contribution in [2.45, 2.75) is 71.6 Å². The van der Waals surface area contributed by atoms with Crippen LogP contribution in [0.25, 0.3) is 76.8 Å². The lowest BCUT2D eigenvalue weighted by Crippen LogP contribution is -2.23. The highest BCUT2D eigenvalue weighted by molar-refractivity contribution is 6.25. The molecule has 0 bridgehead atoms. The molecule has 0 amide bonds. The average Bonchev–Trinajstić information content (AvgIpc) is 3.36. The molecule has 12 aromatic carbocycles. The van der Waals surface area contributed by atoms with Crippen molar-refractivity contribution in [1.82, 2.24) is 0 Å². The molecule has 384 valence electrons. The molecule has 13 rings (SSSR count). The van der Waals surface area contributed by atoms with Gasteiger partial charge in [0.05, 0.1) is 0 Å². The first kappa shape index (κ1) is 49.6. The second-order valence-corrected chi connectivity index (χ2v) is 24.1. The van der Waals surface area contributed by atoms with Crippen molar-refractivity contribution in [2.24, 2.45) is 0 Å². The van der Waals surface area contributed by atoms with Crippen LogP contribution in [0, 0.1) is 0 Å². The van der Waals surface area contributed by atoms with Crippen molar-refractivity contribution in [3.05, 3.63) is 277 Å². The summed E-state index contributed by atoms with van der Waals surface area (Å²) in [5.41, 5.74) is 21.6. The van der Waals surface area contributed by atoms with E-state index in [2.05, 4.69) is 320 Å². The summed E-state index contributed by atoms with van der Waals surface area (Å²) < 4.78 is 0. The van der Waals surface area contributed by atoms with Crippen LogP contribution in [-0.4, -0.2) is 0 Å². The predicted molar refractivity (Wildman–Crippen MR) is 340 cm³/mol. The van der Waals surface area contributed by atoms with Gasteiger partial charge in [-0.25, -0.2) is 0 Å². The monoisotopic (exact) mass is 1020 g/mol. The fraction of sp³-hybridized carbons (Fsp3) is 0.143. The third-order valence-electron chi connectivity index (χ3n) is 16.8. The first-order chi connectivity index (χ1) is 38.2. The summed E-state index contributed by atoms with van der Waals surface area (Å²) in [7, 11) is 0. The van der Waals surface area contributed by atoms with E-state index < -0.39 is 0 Å². The van der Waals surface area contributed by atoms with Gasteiger partial charge < -0.3 is 9.80 Å². The van der Waals surface area contributed by atoms with Crippen LogP contribution in [0.15, 0.2) is 255 Å². The summed E-state index contributed by atoms with van der Waals surface area (Å²) in [5.74, 6) is 0. The van der Waals surface area contributed by atoms with Crippen molar-refractivity contribution < 1.29 is 0 Å². The van der Waals surface area contributed by atoms with E-state index in [1.54, 1.807) is 0 Å². The molecule has 0 atom stereocenters. The molecule has 0 saturated heterocycles. The molecule has 2 nitrogen and oxygen atoms in total. The minimum Gasteiger partial charge on any atom is -0.310 e. The number of para-hydroxylation sites is 2. The van der Waals surface area contributed by atoms with Gasteiger partial charge >= 0.3 is 0 Å². The number of rotatable bonds is 9. The van der Waals surface area contributed by atoms with E-state index in [9.17, 15) is 0 Å². The van der Waals surface area contributed by atoms with Crippen LogP contribution in [0.3, 0.4) is 0 Å². The SMILES string of the molecule is CC(C)(C)c1ccc(N(c2ccccc2)c2ccc3c(-c4ccc5c6c(cccc46)C(C)(C)c4ccccc4-5)c4cc(N(c5ccccc5)c5ccc(C(C)(C)C)cc5)ccc4c(-c4ccc(-c5ccccc5)cc4)c3c2)cc1. The molecule has 0 fully saturated rings. The summed E-state index contributed by atoms with van der Waals surface area (Å²) in [4.78, 5) is 4.85. The fourth-order valence-corrected chi connectivity index (χ4v) is 12.6. The molecule has 0 spiro atoms. The van der Waals surface area contributed by atoms with Crippen LogP contribution in [0.5, 0.6) is 0 Å². The maximum Gasteiger partial charge on any atom is 0.0468 e. The van der Waals surface area contributed by atoms with Crippen LogP contribution in [0.2, 0.25) is 0 Å². The number of fused-ring (bicyclic) bond motifs is 4. The zero-order valence-electron chi connectivity index (χ0n) is 46.6. The molecule has 0 N–H and O–H groups in total. The smallest absolute Gasteiger partial charge is 0.0468 e. The van der Waals surface area contributed by atoms with Crippen LogP contribution >= 0.6 is 0 Å². The Morgan fingerprint density at radius 1 is 0.278 bits per heavy atom. The average molecular weight is 1020 g/mol. The Bertz CT molecular complexity index is 4240. The molecule has 79 heavy (non-hydrogen) atoms. The molecule has 0 aromatic heterocycles. The lowest BCUT2D eigenvalue weighted by molar-refractivity contribution is 0.590. The number of hydrogen-bond acceptors (Lipinski definition) is 2. The van der Waals surface area contributed by atoms with Gasteiger partial charge in [-0.1, -0.05) is 237 Å². The van der Waals surface area contributed by atoms with Crippen molar-refractivity contribution in [2.75, 3.05) is 9.80 Å². The molecule has 1 aliphatic carbocycles. The van der Waals surface area contributed by atoms with E-state index >= 15 is 0 Å². The van der Waals surface area contributed by atoms with Gasteiger partial charge in [-0.05, 0) is 183 Å². The lowest BCUT2D eigenvalue weighted by atomic mass is 9.68.